The summed E-state index contributed by atoms with van der Waals surface area (Å²) < 4.78 is 0. The molecule has 0 radical (unpaired) electrons. The molecule has 3 rings (SSSR count). The second-order valence-corrected chi connectivity index (χ2v) is 4.49. The zero-order valence-electron chi connectivity index (χ0n) is 9.89. The lowest BCUT2D eigenvalue weighted by molar-refractivity contribution is 0.323. The molecule has 0 N–H and O–H groups in total. The van der Waals surface area contributed by atoms with Crippen molar-refractivity contribution in [2.45, 2.75) is 13.1 Å². The Bertz CT molecular complexity index is 474. The smallest absolute Gasteiger partial charge is 0.0240 e. The maximum atomic E-state index is 2.37. The Morgan fingerprint density at radius 1 is 0.765 bits per heavy atom. The molecule has 0 fully saturated rings. The minimum absolute atomic E-state index is 0. The van der Waals surface area contributed by atoms with E-state index in [4.69, 9.17) is 0 Å². The van der Waals surface area contributed by atoms with Gasteiger partial charge in [-0.3, -0.25) is 4.90 Å². The van der Waals surface area contributed by atoms with E-state index in [9.17, 15) is 0 Å². The van der Waals surface area contributed by atoms with Gasteiger partial charge in [0, 0.05) is 13.1 Å². The van der Waals surface area contributed by atoms with Crippen LogP contribution in [0.4, 0.5) is 0 Å². The normalized spacial score (nSPS) is 14.2. The summed E-state index contributed by atoms with van der Waals surface area (Å²) in [6.07, 6.45) is 0. The van der Waals surface area contributed by atoms with E-state index in [-0.39, 0.29) is 17.0 Å². The van der Waals surface area contributed by atoms with Crippen molar-refractivity contribution in [1.82, 2.24) is 4.90 Å². The third-order valence-electron chi connectivity index (χ3n) is 3.21. The molecule has 0 atom stereocenters. The summed E-state index contributed by atoms with van der Waals surface area (Å²) in [4.78, 5) is 2.37. The van der Waals surface area contributed by atoms with Crippen LogP contribution in [0.2, 0.25) is 0 Å². The van der Waals surface area contributed by atoms with E-state index in [0.717, 1.165) is 13.1 Å². The summed E-state index contributed by atoms with van der Waals surface area (Å²) in [5.41, 5.74) is 5.63. The first kappa shape index (κ1) is 12.3. The van der Waals surface area contributed by atoms with Gasteiger partial charge in [-0.05, 0) is 29.3 Å². The highest BCUT2D eigenvalue weighted by atomic mass is 79.9. The summed E-state index contributed by atoms with van der Waals surface area (Å²) >= 11 is 0. The summed E-state index contributed by atoms with van der Waals surface area (Å²) in [6, 6.07) is 17.4. The van der Waals surface area contributed by atoms with Crippen LogP contribution in [0.5, 0.6) is 0 Å². The lowest BCUT2D eigenvalue weighted by Crippen LogP contribution is -2.15. The minimum atomic E-state index is 0. The zero-order valence-corrected chi connectivity index (χ0v) is 11.6. The molecule has 2 aromatic carbocycles. The molecular weight excluding hydrogens is 274 g/mol. The van der Waals surface area contributed by atoms with Gasteiger partial charge in [0.2, 0.25) is 0 Å². The van der Waals surface area contributed by atoms with Gasteiger partial charge in [-0.2, -0.15) is 0 Å². The Balaban J connectivity index is 0.00000108. The van der Waals surface area contributed by atoms with Gasteiger partial charge in [0.05, 0.1) is 0 Å². The quantitative estimate of drug-likeness (QED) is 0.712. The lowest BCUT2D eigenvalue weighted by atomic mass is 9.97. The molecule has 17 heavy (non-hydrogen) atoms. The maximum absolute atomic E-state index is 2.37. The van der Waals surface area contributed by atoms with Crippen molar-refractivity contribution in [2.24, 2.45) is 0 Å². The largest absolute Gasteiger partial charge is 0.298 e. The predicted octanol–water partition coefficient (Wildman–Crippen LogP) is 3.88. The second-order valence-electron chi connectivity index (χ2n) is 4.49. The van der Waals surface area contributed by atoms with Crippen molar-refractivity contribution in [2.75, 3.05) is 7.05 Å². The first-order valence-corrected chi connectivity index (χ1v) is 5.69. The minimum Gasteiger partial charge on any atom is -0.298 e. The Labute approximate surface area is 113 Å². The Morgan fingerprint density at radius 3 is 1.65 bits per heavy atom. The summed E-state index contributed by atoms with van der Waals surface area (Å²) in [5.74, 6) is 0. The fraction of sp³-hybridized carbons (Fsp3) is 0.200. The fourth-order valence-electron chi connectivity index (χ4n) is 2.48. The average Bonchev–Trinajstić information content (AvgIpc) is 2.44. The number of fused-ring (bicyclic) bond motifs is 3. The molecule has 1 heterocycles. The van der Waals surface area contributed by atoms with Gasteiger partial charge in [0.15, 0.2) is 0 Å². The van der Waals surface area contributed by atoms with Gasteiger partial charge in [-0.25, -0.2) is 0 Å². The van der Waals surface area contributed by atoms with Crippen LogP contribution in [0.25, 0.3) is 11.1 Å². The van der Waals surface area contributed by atoms with E-state index in [1.807, 2.05) is 0 Å². The highest BCUT2D eigenvalue weighted by molar-refractivity contribution is 8.93. The lowest BCUT2D eigenvalue weighted by Gasteiger charge is -2.13. The van der Waals surface area contributed by atoms with Crippen molar-refractivity contribution in [3.8, 4) is 11.1 Å². The number of benzene rings is 2. The standard InChI is InChI=1S/C15H15N.BrH/c1-16-10-12-6-2-4-8-14(12)15-9-5-3-7-13(15)11-16;/h2-9H,10-11H2,1H3;1H. The van der Waals surface area contributed by atoms with E-state index in [1.54, 1.807) is 0 Å². The molecule has 0 bridgehead atoms. The molecule has 2 heteroatoms. The Hall–Kier alpha value is -1.12. The summed E-state index contributed by atoms with van der Waals surface area (Å²) in [5, 5.41) is 0. The molecule has 88 valence electrons. The van der Waals surface area contributed by atoms with Gasteiger partial charge in [0.25, 0.3) is 0 Å². The highest BCUT2D eigenvalue weighted by Crippen LogP contribution is 2.31. The van der Waals surface area contributed by atoms with Gasteiger partial charge in [-0.15, -0.1) is 17.0 Å². The molecule has 0 aromatic heterocycles. The number of rotatable bonds is 0. The van der Waals surface area contributed by atoms with Crippen LogP contribution < -0.4 is 0 Å². The van der Waals surface area contributed by atoms with Gasteiger partial charge in [0.1, 0.15) is 0 Å². The highest BCUT2D eigenvalue weighted by Gasteiger charge is 2.15. The summed E-state index contributed by atoms with van der Waals surface area (Å²) in [7, 11) is 2.18. The van der Waals surface area contributed by atoms with Crippen molar-refractivity contribution in [3.05, 3.63) is 59.7 Å². The first-order valence-electron chi connectivity index (χ1n) is 5.69. The second kappa shape index (κ2) is 5.03. The predicted molar refractivity (Wildman–Crippen MR) is 77.4 cm³/mol. The van der Waals surface area contributed by atoms with Crippen LogP contribution >= 0.6 is 17.0 Å². The van der Waals surface area contributed by atoms with Crippen LogP contribution in [0.15, 0.2) is 48.5 Å². The molecule has 0 saturated heterocycles. The SMILES string of the molecule is Br.CN1Cc2ccccc2-c2ccccc2C1. The number of nitrogens with zero attached hydrogens (tertiary/aromatic N) is 1. The van der Waals surface area contributed by atoms with Crippen molar-refractivity contribution in [1.29, 1.82) is 0 Å². The zero-order chi connectivity index (χ0) is 11.0. The maximum Gasteiger partial charge on any atom is 0.0240 e. The van der Waals surface area contributed by atoms with Crippen LogP contribution in [0.1, 0.15) is 11.1 Å². The molecule has 0 amide bonds. The number of hydrogen-bond acceptors (Lipinski definition) is 1. The molecule has 0 spiro atoms. The Morgan fingerprint density at radius 2 is 1.18 bits per heavy atom. The molecular formula is C15H16BrN. The van der Waals surface area contributed by atoms with Gasteiger partial charge < -0.3 is 0 Å². The average molecular weight is 290 g/mol. The molecule has 0 saturated carbocycles. The molecule has 0 unspecified atom stereocenters. The van der Waals surface area contributed by atoms with Crippen LogP contribution in [-0.4, -0.2) is 11.9 Å². The monoisotopic (exact) mass is 289 g/mol. The van der Waals surface area contributed by atoms with E-state index in [2.05, 4.69) is 60.5 Å². The number of halogens is 1. The summed E-state index contributed by atoms with van der Waals surface area (Å²) in [6.45, 7) is 2.07. The molecule has 0 aliphatic carbocycles. The fourth-order valence-corrected chi connectivity index (χ4v) is 2.48. The van der Waals surface area contributed by atoms with Crippen molar-refractivity contribution < 1.29 is 0 Å². The molecule has 1 nitrogen and oxygen atoms in total. The first-order chi connectivity index (χ1) is 7.84. The van der Waals surface area contributed by atoms with Crippen molar-refractivity contribution >= 4 is 17.0 Å². The topological polar surface area (TPSA) is 3.24 Å². The van der Waals surface area contributed by atoms with Gasteiger partial charge in [-0.1, -0.05) is 48.5 Å². The molecule has 1 aliphatic heterocycles. The third-order valence-corrected chi connectivity index (χ3v) is 3.21. The van der Waals surface area contributed by atoms with Crippen LogP contribution in [0.3, 0.4) is 0 Å². The third kappa shape index (κ3) is 2.28. The van der Waals surface area contributed by atoms with Gasteiger partial charge >= 0.3 is 0 Å². The van der Waals surface area contributed by atoms with E-state index < -0.39 is 0 Å². The van der Waals surface area contributed by atoms with Crippen molar-refractivity contribution in [3.63, 3.8) is 0 Å². The van der Waals surface area contributed by atoms with E-state index in [1.165, 1.54) is 22.3 Å². The van der Waals surface area contributed by atoms with Crippen LogP contribution in [-0.2, 0) is 13.1 Å². The van der Waals surface area contributed by atoms with E-state index in [0.29, 0.717) is 0 Å². The van der Waals surface area contributed by atoms with Crippen LogP contribution in [0, 0.1) is 0 Å². The Kier molecular flexibility index (Phi) is 3.65. The molecule has 2 aromatic rings. The number of hydrogen-bond donors (Lipinski definition) is 0. The van der Waals surface area contributed by atoms with E-state index >= 15 is 0 Å². The molecule has 1 aliphatic rings.